The molecule has 1 N–H and O–H groups in total. The molecule has 150 valence electrons. The molecule has 2 atom stereocenters. The number of carbonyl (C=O) groups excluding carboxylic acids is 1. The molecule has 0 saturated heterocycles. The Bertz CT molecular complexity index is 922. The summed E-state index contributed by atoms with van der Waals surface area (Å²) in [4.78, 5) is 13.1. The van der Waals surface area contributed by atoms with Gasteiger partial charge in [0.2, 0.25) is 0 Å². The van der Waals surface area contributed by atoms with Gasteiger partial charge in [-0.3, -0.25) is 4.79 Å². The fourth-order valence-corrected chi connectivity index (χ4v) is 3.16. The largest absolute Gasteiger partial charge is 0.497 e. The highest BCUT2D eigenvalue weighted by atomic mass is 16.5. The average Bonchev–Trinajstić information content (AvgIpc) is 2.77. The van der Waals surface area contributed by atoms with Gasteiger partial charge in [-0.25, -0.2) is 0 Å². The minimum Gasteiger partial charge on any atom is -0.497 e. The highest BCUT2D eigenvalue weighted by molar-refractivity contribution is 5.82. The third kappa shape index (κ3) is 5.38. The van der Waals surface area contributed by atoms with Gasteiger partial charge in [0.15, 0.2) is 6.10 Å². The summed E-state index contributed by atoms with van der Waals surface area (Å²) in [5.41, 5.74) is 3.24. The Morgan fingerprint density at radius 2 is 1.55 bits per heavy atom. The van der Waals surface area contributed by atoms with E-state index in [2.05, 4.69) is 36.5 Å². The molecule has 0 aliphatic carbocycles. The van der Waals surface area contributed by atoms with E-state index < -0.39 is 6.10 Å². The quantitative estimate of drug-likeness (QED) is 0.585. The number of amides is 1. The first-order valence-electron chi connectivity index (χ1n) is 9.83. The van der Waals surface area contributed by atoms with Crippen molar-refractivity contribution in [3.05, 3.63) is 95.6 Å². The minimum absolute atomic E-state index is 0.148. The average molecular weight is 389 g/mol. The van der Waals surface area contributed by atoms with Gasteiger partial charge in [-0.1, -0.05) is 73.2 Å². The number of benzene rings is 3. The van der Waals surface area contributed by atoms with Crippen LogP contribution in [0.2, 0.25) is 0 Å². The molecular weight excluding hydrogens is 362 g/mol. The van der Waals surface area contributed by atoms with E-state index in [9.17, 15) is 4.79 Å². The van der Waals surface area contributed by atoms with Gasteiger partial charge in [-0.15, -0.1) is 0 Å². The highest BCUT2D eigenvalue weighted by Crippen LogP contribution is 2.24. The van der Waals surface area contributed by atoms with Crippen LogP contribution in [0.3, 0.4) is 0 Å². The third-order valence-corrected chi connectivity index (χ3v) is 4.81. The van der Waals surface area contributed by atoms with E-state index in [0.29, 0.717) is 17.9 Å². The molecule has 0 fully saturated rings. The molecule has 0 radical (unpaired) electrons. The second kappa shape index (κ2) is 9.78. The zero-order chi connectivity index (χ0) is 20.6. The van der Waals surface area contributed by atoms with Crippen LogP contribution in [0.25, 0.3) is 0 Å². The third-order valence-electron chi connectivity index (χ3n) is 4.81. The molecule has 4 heteroatoms. The topological polar surface area (TPSA) is 47.6 Å². The van der Waals surface area contributed by atoms with Crippen molar-refractivity contribution in [1.29, 1.82) is 0 Å². The minimum atomic E-state index is -0.598. The molecule has 1 amide bonds. The first kappa shape index (κ1) is 20.5. The Balaban J connectivity index is 1.81. The molecule has 3 rings (SSSR count). The summed E-state index contributed by atoms with van der Waals surface area (Å²) in [5, 5.41) is 3.17. The number of rotatable bonds is 8. The summed E-state index contributed by atoms with van der Waals surface area (Å²) in [6.45, 7) is 3.99. The van der Waals surface area contributed by atoms with Gasteiger partial charge in [-0.2, -0.15) is 0 Å². The molecular formula is C25H27NO3. The number of methoxy groups -OCH3 is 1. The van der Waals surface area contributed by atoms with Gasteiger partial charge >= 0.3 is 0 Å². The molecule has 0 unspecified atom stereocenters. The lowest BCUT2D eigenvalue weighted by Crippen LogP contribution is -2.40. The maximum Gasteiger partial charge on any atom is 0.261 e. The van der Waals surface area contributed by atoms with Crippen LogP contribution in [0.4, 0.5) is 0 Å². The van der Waals surface area contributed by atoms with E-state index in [1.54, 1.807) is 13.2 Å². The van der Waals surface area contributed by atoms with Crippen LogP contribution in [0.15, 0.2) is 78.9 Å². The van der Waals surface area contributed by atoms with Crippen LogP contribution in [-0.4, -0.2) is 19.1 Å². The van der Waals surface area contributed by atoms with Crippen molar-refractivity contribution < 1.29 is 14.3 Å². The monoisotopic (exact) mass is 389 g/mol. The maximum absolute atomic E-state index is 13.1. The Hall–Kier alpha value is -3.27. The fraction of sp³-hybridized carbons (Fsp3) is 0.240. The van der Waals surface area contributed by atoms with Crippen molar-refractivity contribution >= 4 is 5.91 Å². The normalized spacial score (nSPS) is 12.7. The lowest BCUT2D eigenvalue weighted by molar-refractivity contribution is -0.128. The predicted octanol–water partition coefficient (Wildman–Crippen LogP) is 5.07. The standard InChI is InChI=1S/C25H27NO3/c1-4-23(29-22-12-8-11-21(17-22)28-3)25(27)26-24(19-9-6-5-7-10-19)20-15-13-18(2)14-16-20/h5-17,23-24H,4H2,1-3H3,(H,26,27)/t23-,24+/m1/s1. The number of nitrogens with one attached hydrogen (secondary N) is 1. The maximum atomic E-state index is 13.1. The van der Waals surface area contributed by atoms with E-state index >= 15 is 0 Å². The molecule has 0 bridgehead atoms. The molecule has 0 spiro atoms. The van der Waals surface area contributed by atoms with Crippen molar-refractivity contribution in [1.82, 2.24) is 5.32 Å². The SMILES string of the molecule is CC[C@@H](Oc1cccc(OC)c1)C(=O)N[C@@H](c1ccccc1)c1ccc(C)cc1. The van der Waals surface area contributed by atoms with Crippen molar-refractivity contribution in [3.63, 3.8) is 0 Å². The van der Waals surface area contributed by atoms with E-state index in [1.807, 2.05) is 55.5 Å². The summed E-state index contributed by atoms with van der Waals surface area (Å²) in [6.07, 6.45) is -0.0443. The molecule has 3 aromatic rings. The van der Waals surface area contributed by atoms with E-state index in [-0.39, 0.29) is 11.9 Å². The summed E-state index contributed by atoms with van der Waals surface area (Å²) < 4.78 is 11.2. The van der Waals surface area contributed by atoms with Crippen molar-refractivity contribution in [2.24, 2.45) is 0 Å². The van der Waals surface area contributed by atoms with Gasteiger partial charge in [0, 0.05) is 6.07 Å². The number of aryl methyl sites for hydroxylation is 1. The second-order valence-electron chi connectivity index (χ2n) is 6.96. The van der Waals surface area contributed by atoms with Crippen LogP contribution in [0.1, 0.15) is 36.1 Å². The molecule has 4 nitrogen and oxygen atoms in total. The summed E-state index contributed by atoms with van der Waals surface area (Å²) in [7, 11) is 1.61. The van der Waals surface area contributed by atoms with Crippen molar-refractivity contribution in [2.45, 2.75) is 32.4 Å². The number of ether oxygens (including phenoxy) is 2. The van der Waals surface area contributed by atoms with Crippen molar-refractivity contribution in [3.8, 4) is 11.5 Å². The van der Waals surface area contributed by atoms with Crippen molar-refractivity contribution in [2.75, 3.05) is 7.11 Å². The molecule has 0 aliphatic rings. The molecule has 3 aromatic carbocycles. The van der Waals surface area contributed by atoms with Crippen LogP contribution < -0.4 is 14.8 Å². The van der Waals surface area contributed by atoms with Crippen LogP contribution in [-0.2, 0) is 4.79 Å². The zero-order valence-corrected chi connectivity index (χ0v) is 17.1. The Morgan fingerprint density at radius 1 is 0.897 bits per heavy atom. The summed E-state index contributed by atoms with van der Waals surface area (Å²) >= 11 is 0. The van der Waals surface area contributed by atoms with Gasteiger partial charge in [-0.05, 0) is 36.6 Å². The van der Waals surface area contributed by atoms with Crippen LogP contribution in [0, 0.1) is 6.92 Å². The molecule has 29 heavy (non-hydrogen) atoms. The molecule has 0 aromatic heterocycles. The van der Waals surface area contributed by atoms with Gasteiger partial charge in [0.25, 0.3) is 5.91 Å². The Morgan fingerprint density at radius 3 is 2.21 bits per heavy atom. The molecule has 0 aliphatic heterocycles. The summed E-state index contributed by atoms with van der Waals surface area (Å²) in [5.74, 6) is 1.15. The Labute approximate surface area is 172 Å². The number of carbonyl (C=O) groups is 1. The van der Waals surface area contributed by atoms with Gasteiger partial charge in [0.1, 0.15) is 11.5 Å². The fourth-order valence-electron chi connectivity index (χ4n) is 3.16. The van der Waals surface area contributed by atoms with E-state index in [4.69, 9.17) is 9.47 Å². The van der Waals surface area contributed by atoms with E-state index in [1.165, 1.54) is 5.56 Å². The van der Waals surface area contributed by atoms with Crippen LogP contribution >= 0.6 is 0 Å². The smallest absolute Gasteiger partial charge is 0.261 e. The lowest BCUT2D eigenvalue weighted by atomic mass is 9.97. The second-order valence-corrected chi connectivity index (χ2v) is 6.96. The first-order chi connectivity index (χ1) is 14.1. The van der Waals surface area contributed by atoms with Gasteiger partial charge < -0.3 is 14.8 Å². The van der Waals surface area contributed by atoms with E-state index in [0.717, 1.165) is 11.1 Å². The summed E-state index contributed by atoms with van der Waals surface area (Å²) in [6, 6.07) is 25.2. The first-order valence-corrected chi connectivity index (χ1v) is 9.83. The predicted molar refractivity (Wildman–Crippen MR) is 115 cm³/mol. The van der Waals surface area contributed by atoms with Gasteiger partial charge in [0.05, 0.1) is 13.2 Å². The lowest BCUT2D eigenvalue weighted by Gasteiger charge is -2.24. The number of hydrogen-bond donors (Lipinski definition) is 1. The number of hydrogen-bond acceptors (Lipinski definition) is 3. The molecule has 0 saturated carbocycles. The highest BCUT2D eigenvalue weighted by Gasteiger charge is 2.24. The molecule has 0 heterocycles. The zero-order valence-electron chi connectivity index (χ0n) is 17.1. The van der Waals surface area contributed by atoms with Crippen LogP contribution in [0.5, 0.6) is 11.5 Å². The Kier molecular flexibility index (Phi) is 6.90.